The maximum atomic E-state index is 11.8. The van der Waals surface area contributed by atoms with E-state index in [0.717, 1.165) is 6.42 Å². The van der Waals surface area contributed by atoms with Crippen molar-refractivity contribution in [2.75, 3.05) is 33.4 Å². The topological polar surface area (TPSA) is 96.7 Å². The van der Waals surface area contributed by atoms with Gasteiger partial charge in [0.15, 0.2) is 0 Å². The molecule has 0 radical (unpaired) electrons. The molecule has 0 atom stereocenters. The molecule has 0 aliphatic carbocycles. The van der Waals surface area contributed by atoms with Crippen LogP contribution < -0.4 is 5.32 Å². The van der Waals surface area contributed by atoms with Crippen molar-refractivity contribution >= 4 is 12.0 Å². The number of urea groups is 1. The van der Waals surface area contributed by atoms with Gasteiger partial charge in [-0.25, -0.2) is 4.79 Å². The number of ether oxygens (including phenoxy) is 1. The van der Waals surface area contributed by atoms with E-state index in [-0.39, 0.29) is 13.1 Å². The molecule has 1 heterocycles. The molecular formula is C12H20N4O4. The summed E-state index contributed by atoms with van der Waals surface area (Å²) in [6.45, 7) is 1.36. The molecule has 1 rings (SSSR count). The van der Waals surface area contributed by atoms with Gasteiger partial charge in [-0.15, -0.1) is 0 Å². The highest BCUT2D eigenvalue weighted by molar-refractivity contribution is 5.80. The van der Waals surface area contributed by atoms with Crippen molar-refractivity contribution in [2.45, 2.75) is 13.0 Å². The number of hydrogen-bond acceptors (Lipinski definition) is 4. The average Bonchev–Trinajstić information content (AvgIpc) is 2.92. The molecule has 0 saturated carbocycles. The highest BCUT2D eigenvalue weighted by Gasteiger charge is 2.15. The second-order valence-corrected chi connectivity index (χ2v) is 4.16. The van der Waals surface area contributed by atoms with E-state index in [1.54, 1.807) is 10.9 Å². The number of rotatable bonds is 9. The molecule has 112 valence electrons. The Morgan fingerprint density at radius 2 is 2.30 bits per heavy atom. The highest BCUT2D eigenvalue weighted by Crippen LogP contribution is 1.92. The third-order valence-corrected chi connectivity index (χ3v) is 2.58. The minimum Gasteiger partial charge on any atom is -0.480 e. The van der Waals surface area contributed by atoms with Crippen molar-refractivity contribution in [1.29, 1.82) is 0 Å². The molecule has 0 aliphatic rings. The van der Waals surface area contributed by atoms with E-state index in [2.05, 4.69) is 10.4 Å². The Morgan fingerprint density at radius 1 is 1.50 bits per heavy atom. The van der Waals surface area contributed by atoms with Crippen molar-refractivity contribution in [3.05, 3.63) is 18.5 Å². The fourth-order valence-corrected chi connectivity index (χ4v) is 1.60. The van der Waals surface area contributed by atoms with Gasteiger partial charge in [-0.1, -0.05) is 0 Å². The Labute approximate surface area is 117 Å². The van der Waals surface area contributed by atoms with Crippen LogP contribution in [0.3, 0.4) is 0 Å². The number of methoxy groups -OCH3 is 1. The fourth-order valence-electron chi connectivity index (χ4n) is 1.60. The normalized spacial score (nSPS) is 10.2. The second-order valence-electron chi connectivity index (χ2n) is 4.16. The zero-order chi connectivity index (χ0) is 14.8. The molecule has 0 saturated heterocycles. The summed E-state index contributed by atoms with van der Waals surface area (Å²) in [6.07, 6.45) is 4.26. The van der Waals surface area contributed by atoms with Crippen LogP contribution in [-0.4, -0.2) is 65.1 Å². The van der Waals surface area contributed by atoms with Crippen LogP contribution in [0.25, 0.3) is 0 Å². The van der Waals surface area contributed by atoms with Crippen LogP contribution in [0.5, 0.6) is 0 Å². The highest BCUT2D eigenvalue weighted by atomic mass is 16.5. The number of aromatic nitrogens is 2. The van der Waals surface area contributed by atoms with Crippen LogP contribution in [0, 0.1) is 0 Å². The van der Waals surface area contributed by atoms with Gasteiger partial charge < -0.3 is 20.1 Å². The van der Waals surface area contributed by atoms with E-state index >= 15 is 0 Å². The first-order chi connectivity index (χ1) is 9.63. The quantitative estimate of drug-likeness (QED) is 0.623. The third kappa shape index (κ3) is 6.19. The number of carboxylic acids is 1. The summed E-state index contributed by atoms with van der Waals surface area (Å²) in [5.41, 5.74) is 0. The van der Waals surface area contributed by atoms with Crippen LogP contribution >= 0.6 is 0 Å². The molecule has 20 heavy (non-hydrogen) atoms. The van der Waals surface area contributed by atoms with Gasteiger partial charge in [0, 0.05) is 39.1 Å². The Hall–Kier alpha value is -2.09. The van der Waals surface area contributed by atoms with Gasteiger partial charge in [-0.2, -0.15) is 5.10 Å². The Bertz CT molecular complexity index is 408. The fraction of sp³-hybridized carbons (Fsp3) is 0.583. The zero-order valence-electron chi connectivity index (χ0n) is 11.5. The number of aryl methyl sites for hydroxylation is 1. The summed E-state index contributed by atoms with van der Waals surface area (Å²) in [6, 6.07) is 1.43. The van der Waals surface area contributed by atoms with E-state index in [0.29, 0.717) is 19.7 Å². The molecule has 2 N–H and O–H groups in total. The van der Waals surface area contributed by atoms with Crippen molar-refractivity contribution in [1.82, 2.24) is 20.0 Å². The van der Waals surface area contributed by atoms with E-state index in [1.807, 2.05) is 12.3 Å². The van der Waals surface area contributed by atoms with Gasteiger partial charge in [-0.05, 0) is 12.5 Å². The van der Waals surface area contributed by atoms with E-state index in [1.165, 1.54) is 12.0 Å². The minimum absolute atomic E-state index is 0.244. The van der Waals surface area contributed by atoms with Crippen molar-refractivity contribution in [2.24, 2.45) is 0 Å². The van der Waals surface area contributed by atoms with Gasteiger partial charge >= 0.3 is 12.0 Å². The predicted octanol–water partition coefficient (Wildman–Crippen LogP) is 0.0158. The number of carboxylic acid groups (broad SMARTS) is 1. The predicted molar refractivity (Wildman–Crippen MR) is 71.3 cm³/mol. The Balaban J connectivity index is 2.27. The number of nitrogens with zero attached hydrogens (tertiary/aromatic N) is 3. The first-order valence-corrected chi connectivity index (χ1v) is 6.34. The molecule has 0 spiro atoms. The summed E-state index contributed by atoms with van der Waals surface area (Å²) in [5, 5.41) is 15.5. The largest absolute Gasteiger partial charge is 0.480 e. The molecule has 0 fully saturated rings. The first-order valence-electron chi connectivity index (χ1n) is 6.34. The summed E-state index contributed by atoms with van der Waals surface area (Å²) >= 11 is 0. The molecule has 1 aromatic rings. The summed E-state index contributed by atoms with van der Waals surface area (Å²) in [7, 11) is 1.50. The number of nitrogens with one attached hydrogen (secondary N) is 1. The van der Waals surface area contributed by atoms with Gasteiger partial charge in [0.2, 0.25) is 0 Å². The lowest BCUT2D eigenvalue weighted by molar-refractivity contribution is -0.137. The number of carbonyl (C=O) groups excluding carboxylic acids is 1. The lowest BCUT2D eigenvalue weighted by atomic mass is 10.4. The average molecular weight is 284 g/mol. The molecule has 0 aliphatic heterocycles. The zero-order valence-corrected chi connectivity index (χ0v) is 11.5. The molecule has 0 aromatic carbocycles. The lowest BCUT2D eigenvalue weighted by Gasteiger charge is -2.20. The molecule has 2 amide bonds. The van der Waals surface area contributed by atoms with Crippen molar-refractivity contribution in [3.8, 4) is 0 Å². The standard InChI is InChI=1S/C12H20N4O4/c1-20-9-8-15(10-11(17)18)12(19)13-4-2-6-16-7-3-5-14-16/h3,5,7H,2,4,6,8-10H2,1H3,(H,13,19)(H,17,18). The maximum absolute atomic E-state index is 11.8. The van der Waals surface area contributed by atoms with E-state index in [9.17, 15) is 9.59 Å². The Morgan fingerprint density at radius 3 is 2.90 bits per heavy atom. The summed E-state index contributed by atoms with van der Waals surface area (Å²) in [4.78, 5) is 23.7. The van der Waals surface area contributed by atoms with Crippen molar-refractivity contribution in [3.63, 3.8) is 0 Å². The van der Waals surface area contributed by atoms with Crippen LogP contribution in [0.4, 0.5) is 4.79 Å². The summed E-state index contributed by atoms with van der Waals surface area (Å²) in [5.74, 6) is -1.05. The molecule has 0 unspecified atom stereocenters. The van der Waals surface area contributed by atoms with Gasteiger partial charge in [0.05, 0.1) is 6.61 Å². The third-order valence-electron chi connectivity index (χ3n) is 2.58. The molecule has 1 aromatic heterocycles. The smallest absolute Gasteiger partial charge is 0.323 e. The van der Waals surface area contributed by atoms with Crippen LogP contribution in [-0.2, 0) is 16.1 Å². The second kappa shape index (κ2) is 8.92. The van der Waals surface area contributed by atoms with Crippen LogP contribution in [0.15, 0.2) is 18.5 Å². The number of carbonyl (C=O) groups is 2. The number of hydrogen-bond donors (Lipinski definition) is 2. The van der Waals surface area contributed by atoms with Crippen LogP contribution in [0.2, 0.25) is 0 Å². The van der Waals surface area contributed by atoms with E-state index in [4.69, 9.17) is 9.84 Å². The maximum Gasteiger partial charge on any atom is 0.323 e. The van der Waals surface area contributed by atoms with Gasteiger partial charge in [-0.3, -0.25) is 9.48 Å². The SMILES string of the molecule is COCCN(CC(=O)O)C(=O)NCCCn1cccn1. The Kier molecular flexibility index (Phi) is 7.12. The van der Waals surface area contributed by atoms with Gasteiger partial charge in [0.1, 0.15) is 6.54 Å². The lowest BCUT2D eigenvalue weighted by Crippen LogP contribution is -2.44. The molecule has 0 bridgehead atoms. The summed E-state index contributed by atoms with van der Waals surface area (Å²) < 4.78 is 6.62. The molecule has 8 heteroatoms. The molecule has 8 nitrogen and oxygen atoms in total. The van der Waals surface area contributed by atoms with Gasteiger partial charge in [0.25, 0.3) is 0 Å². The minimum atomic E-state index is -1.05. The molecular weight excluding hydrogens is 264 g/mol. The number of aliphatic carboxylic acids is 1. The number of amides is 2. The van der Waals surface area contributed by atoms with E-state index < -0.39 is 12.0 Å². The first kappa shape index (κ1) is 16.0. The van der Waals surface area contributed by atoms with Crippen molar-refractivity contribution < 1.29 is 19.4 Å². The monoisotopic (exact) mass is 284 g/mol. The van der Waals surface area contributed by atoms with Crippen LogP contribution in [0.1, 0.15) is 6.42 Å².